The van der Waals surface area contributed by atoms with E-state index in [9.17, 15) is 18.0 Å². The number of aromatic amines is 1. The Morgan fingerprint density at radius 1 is 1.18 bits per heavy atom. The fourth-order valence-corrected chi connectivity index (χ4v) is 2.12. The van der Waals surface area contributed by atoms with Gasteiger partial charge in [0, 0.05) is 18.1 Å². The van der Waals surface area contributed by atoms with Crippen molar-refractivity contribution >= 4 is 11.9 Å². The van der Waals surface area contributed by atoms with E-state index in [1.807, 2.05) is 0 Å². The number of nitrogens with one attached hydrogen (secondary N) is 2. The van der Waals surface area contributed by atoms with Gasteiger partial charge in [-0.05, 0) is 18.2 Å². The van der Waals surface area contributed by atoms with E-state index in [-0.39, 0.29) is 15.5 Å². The van der Waals surface area contributed by atoms with Crippen molar-refractivity contribution < 1.29 is 13.2 Å². The molecule has 0 amide bonds. The topological polar surface area (TPSA) is 60.5 Å². The summed E-state index contributed by atoms with van der Waals surface area (Å²) in [6.45, 7) is 0. The number of nitrogens with zero attached hydrogens (tertiary/aromatic N) is 2. The summed E-state index contributed by atoms with van der Waals surface area (Å²) in [4.78, 5) is 18.0. The Morgan fingerprint density at radius 3 is 2.59 bits per heavy atom. The molecule has 0 bridgehead atoms. The predicted molar refractivity (Wildman–Crippen MR) is 74.1 cm³/mol. The summed E-state index contributed by atoms with van der Waals surface area (Å²) in [5.74, 6) is 0. The molecule has 22 heavy (non-hydrogen) atoms. The summed E-state index contributed by atoms with van der Waals surface area (Å²) in [6, 6.07) is 9.89. The average Bonchev–Trinajstić information content (AvgIpc) is 2.47. The maximum Gasteiger partial charge on any atom is 0.487 e. The van der Waals surface area contributed by atoms with E-state index in [4.69, 9.17) is 0 Å². The van der Waals surface area contributed by atoms with Gasteiger partial charge < -0.3 is 10.3 Å². The second-order valence-corrected chi connectivity index (χ2v) is 4.62. The zero-order valence-corrected chi connectivity index (χ0v) is 11.1. The summed E-state index contributed by atoms with van der Waals surface area (Å²) in [6.07, 6.45) is -3.93. The number of alkyl halides is 3. The van der Waals surface area contributed by atoms with E-state index in [1.54, 1.807) is 30.3 Å². The minimum atomic E-state index is -4.67. The summed E-state index contributed by atoms with van der Waals surface area (Å²) in [7, 11) is 0. The quantitative estimate of drug-likeness (QED) is 0.813. The van der Waals surface area contributed by atoms with Crippen LogP contribution in [0.3, 0.4) is 0 Å². The molecule has 0 saturated heterocycles. The lowest BCUT2D eigenvalue weighted by Gasteiger charge is -2.31. The summed E-state index contributed by atoms with van der Waals surface area (Å²) in [5.41, 5.74) is -0.124. The molecule has 2 heterocycles. The minimum Gasteiger partial charge on any atom is -0.347 e. The third kappa shape index (κ3) is 2.67. The highest BCUT2D eigenvalue weighted by Gasteiger charge is 2.41. The van der Waals surface area contributed by atoms with Crippen LogP contribution < -0.4 is 21.5 Å². The molecule has 1 unspecified atom stereocenters. The van der Waals surface area contributed by atoms with Gasteiger partial charge in [0.15, 0.2) is 0 Å². The van der Waals surface area contributed by atoms with E-state index in [1.165, 1.54) is 12.3 Å². The van der Waals surface area contributed by atoms with Crippen LogP contribution in [0.25, 0.3) is 6.20 Å². The molecular weight excluding hydrogens is 297 g/mol. The SMILES string of the molecule is O=c1[nH]ccc2c1=CN(C(F)(F)F)C(Nc1ccccc1)N=2. The second-order valence-electron chi connectivity index (χ2n) is 4.62. The molecule has 2 N–H and O–H groups in total. The number of pyridine rings is 1. The molecule has 1 atom stereocenters. The summed E-state index contributed by atoms with van der Waals surface area (Å²) in [5, 5.41) is 2.78. The van der Waals surface area contributed by atoms with Gasteiger partial charge in [0.1, 0.15) is 0 Å². The van der Waals surface area contributed by atoms with Crippen molar-refractivity contribution in [1.82, 2.24) is 9.88 Å². The molecule has 1 aliphatic rings. The van der Waals surface area contributed by atoms with Gasteiger partial charge in [0.05, 0.1) is 10.6 Å². The van der Waals surface area contributed by atoms with Crippen molar-refractivity contribution in [3.05, 3.63) is 63.5 Å². The van der Waals surface area contributed by atoms with Crippen LogP contribution in [-0.4, -0.2) is 22.5 Å². The van der Waals surface area contributed by atoms with E-state index in [0.29, 0.717) is 5.69 Å². The van der Waals surface area contributed by atoms with E-state index in [2.05, 4.69) is 15.3 Å². The van der Waals surface area contributed by atoms with Crippen LogP contribution in [0.15, 0.2) is 52.4 Å². The van der Waals surface area contributed by atoms with Gasteiger partial charge in [-0.2, -0.15) is 0 Å². The van der Waals surface area contributed by atoms with Crippen LogP contribution in [0.2, 0.25) is 0 Å². The number of halogens is 3. The first-order valence-electron chi connectivity index (χ1n) is 6.39. The molecular formula is C14H11F3N4O. The van der Waals surface area contributed by atoms with E-state index < -0.39 is 18.1 Å². The zero-order chi connectivity index (χ0) is 15.7. The number of rotatable bonds is 2. The highest BCUT2D eigenvalue weighted by atomic mass is 19.4. The Hall–Kier alpha value is -2.77. The fraction of sp³-hybridized carbons (Fsp3) is 0.143. The Balaban J connectivity index is 2.09. The molecule has 0 spiro atoms. The monoisotopic (exact) mass is 308 g/mol. The minimum absolute atomic E-state index is 0.0670. The number of para-hydroxylation sites is 1. The van der Waals surface area contributed by atoms with Crippen LogP contribution in [0.4, 0.5) is 18.9 Å². The molecule has 0 saturated carbocycles. The standard InChI is InChI=1S/C14H11F3N4O/c15-14(16,17)21-8-10-11(6-7-18-12(10)22)20-13(21)19-9-4-2-1-3-5-9/h1-8,13,19H,(H,18,22). The third-order valence-corrected chi connectivity index (χ3v) is 3.13. The summed E-state index contributed by atoms with van der Waals surface area (Å²) >= 11 is 0. The molecule has 8 heteroatoms. The Labute approximate surface area is 122 Å². The summed E-state index contributed by atoms with van der Waals surface area (Å²) < 4.78 is 39.6. The fourth-order valence-electron chi connectivity index (χ4n) is 2.12. The van der Waals surface area contributed by atoms with Gasteiger partial charge in [-0.3, -0.25) is 4.79 Å². The number of aromatic nitrogens is 1. The van der Waals surface area contributed by atoms with Crippen LogP contribution in [0.1, 0.15) is 0 Å². The van der Waals surface area contributed by atoms with E-state index >= 15 is 0 Å². The highest BCUT2D eigenvalue weighted by molar-refractivity contribution is 5.44. The van der Waals surface area contributed by atoms with Gasteiger partial charge >= 0.3 is 6.30 Å². The van der Waals surface area contributed by atoms with Crippen LogP contribution in [0, 0.1) is 0 Å². The van der Waals surface area contributed by atoms with Crippen molar-refractivity contribution in [3.8, 4) is 0 Å². The molecule has 114 valence electrons. The second kappa shape index (κ2) is 5.21. The number of benzene rings is 1. The van der Waals surface area contributed by atoms with Gasteiger partial charge in [-0.1, -0.05) is 18.2 Å². The number of H-pyrrole nitrogens is 1. The molecule has 2 aromatic rings. The molecule has 0 fully saturated rings. The Kier molecular flexibility index (Phi) is 3.36. The Bertz CT molecular complexity index is 845. The molecule has 0 radical (unpaired) electrons. The number of fused-ring (bicyclic) bond motifs is 1. The predicted octanol–water partition coefficient (Wildman–Crippen LogP) is 0.964. The van der Waals surface area contributed by atoms with Gasteiger partial charge in [-0.25, -0.2) is 9.89 Å². The first-order valence-corrected chi connectivity index (χ1v) is 6.39. The van der Waals surface area contributed by atoms with Crippen molar-refractivity contribution in [2.45, 2.75) is 12.6 Å². The molecule has 1 aromatic heterocycles. The van der Waals surface area contributed by atoms with Crippen molar-refractivity contribution in [1.29, 1.82) is 0 Å². The number of hydrogen-bond acceptors (Lipinski definition) is 4. The third-order valence-electron chi connectivity index (χ3n) is 3.13. The largest absolute Gasteiger partial charge is 0.487 e. The molecule has 5 nitrogen and oxygen atoms in total. The molecule has 0 aliphatic carbocycles. The smallest absolute Gasteiger partial charge is 0.347 e. The zero-order valence-electron chi connectivity index (χ0n) is 11.1. The number of hydrogen-bond donors (Lipinski definition) is 2. The highest BCUT2D eigenvalue weighted by Crippen LogP contribution is 2.26. The molecule has 1 aromatic carbocycles. The van der Waals surface area contributed by atoms with Gasteiger partial charge in [0.2, 0.25) is 6.29 Å². The first kappa shape index (κ1) is 14.2. The van der Waals surface area contributed by atoms with Crippen molar-refractivity contribution in [2.24, 2.45) is 4.99 Å². The molecule has 1 aliphatic heterocycles. The lowest BCUT2D eigenvalue weighted by Crippen LogP contribution is -2.54. The van der Waals surface area contributed by atoms with Crippen LogP contribution in [-0.2, 0) is 0 Å². The Morgan fingerprint density at radius 2 is 1.91 bits per heavy atom. The maximum absolute atomic E-state index is 13.2. The van der Waals surface area contributed by atoms with Crippen LogP contribution in [0.5, 0.6) is 0 Å². The molecule has 3 rings (SSSR count). The first-order chi connectivity index (χ1) is 10.4. The normalized spacial score (nSPS) is 17.2. The maximum atomic E-state index is 13.2. The lowest BCUT2D eigenvalue weighted by atomic mass is 10.3. The lowest BCUT2D eigenvalue weighted by molar-refractivity contribution is -0.229. The average molecular weight is 308 g/mol. The van der Waals surface area contributed by atoms with Gasteiger partial charge in [0.25, 0.3) is 5.56 Å². The van der Waals surface area contributed by atoms with Crippen molar-refractivity contribution in [2.75, 3.05) is 5.32 Å². The van der Waals surface area contributed by atoms with Crippen molar-refractivity contribution in [3.63, 3.8) is 0 Å². The van der Waals surface area contributed by atoms with Crippen LogP contribution >= 0.6 is 0 Å². The van der Waals surface area contributed by atoms with E-state index in [0.717, 1.165) is 6.20 Å². The van der Waals surface area contributed by atoms with Gasteiger partial charge in [-0.15, -0.1) is 13.2 Å². The number of anilines is 1.